The van der Waals surface area contributed by atoms with Gasteiger partial charge in [-0.15, -0.1) is 10.2 Å². The third kappa shape index (κ3) is 4.92. The number of anilines is 2. The van der Waals surface area contributed by atoms with Crippen LogP contribution in [0.25, 0.3) is 33.1 Å². The zero-order valence-corrected chi connectivity index (χ0v) is 23.2. The van der Waals surface area contributed by atoms with Crippen molar-refractivity contribution in [2.75, 3.05) is 5.32 Å². The molecule has 0 aliphatic rings. The maximum Gasteiger partial charge on any atom is 0.241 e. The third-order valence-electron chi connectivity index (χ3n) is 6.94. The van der Waals surface area contributed by atoms with E-state index < -0.39 is 10.0 Å². The van der Waals surface area contributed by atoms with E-state index >= 15 is 0 Å². The van der Waals surface area contributed by atoms with Crippen molar-refractivity contribution in [3.05, 3.63) is 107 Å². The van der Waals surface area contributed by atoms with Crippen LogP contribution < -0.4 is 10.0 Å². The number of hydrogen-bond acceptors (Lipinski definition) is 6. The fraction of sp³-hybridized carbons (Fsp3) is 0.129. The van der Waals surface area contributed by atoms with Crippen LogP contribution >= 0.6 is 0 Å². The van der Waals surface area contributed by atoms with E-state index in [4.69, 9.17) is 0 Å². The van der Waals surface area contributed by atoms with Gasteiger partial charge in [-0.25, -0.2) is 18.1 Å². The molecular formula is C31H28N6O2S. The van der Waals surface area contributed by atoms with Gasteiger partial charge in [0.2, 0.25) is 10.0 Å². The minimum atomic E-state index is -3.84. The fourth-order valence-corrected chi connectivity index (χ4v) is 6.11. The van der Waals surface area contributed by atoms with Crippen molar-refractivity contribution >= 4 is 43.3 Å². The molecule has 0 saturated carbocycles. The average Bonchev–Trinajstić information content (AvgIpc) is 3.37. The van der Waals surface area contributed by atoms with E-state index in [1.807, 2.05) is 60.7 Å². The first-order chi connectivity index (χ1) is 19.3. The molecule has 2 aromatic heterocycles. The highest BCUT2D eigenvalue weighted by Gasteiger charge is 2.20. The van der Waals surface area contributed by atoms with E-state index in [0.29, 0.717) is 28.5 Å². The van der Waals surface area contributed by atoms with Gasteiger partial charge in [0.15, 0.2) is 5.82 Å². The van der Waals surface area contributed by atoms with Crippen molar-refractivity contribution in [2.45, 2.75) is 32.2 Å². The maximum atomic E-state index is 13.4. The Morgan fingerprint density at radius 1 is 0.800 bits per heavy atom. The van der Waals surface area contributed by atoms with Gasteiger partial charge in [0, 0.05) is 22.0 Å². The van der Waals surface area contributed by atoms with Gasteiger partial charge in [0.05, 0.1) is 22.5 Å². The summed E-state index contributed by atoms with van der Waals surface area (Å²) in [6.07, 6.45) is 0. The Bertz CT molecular complexity index is 1970. The van der Waals surface area contributed by atoms with Gasteiger partial charge in [-0.1, -0.05) is 66.2 Å². The van der Waals surface area contributed by atoms with Gasteiger partial charge >= 0.3 is 0 Å². The van der Waals surface area contributed by atoms with E-state index in [9.17, 15) is 8.42 Å². The van der Waals surface area contributed by atoms with Crippen LogP contribution in [0.5, 0.6) is 0 Å². The molecule has 0 aliphatic carbocycles. The number of nitrogens with zero attached hydrogens (tertiary/aromatic N) is 3. The van der Waals surface area contributed by atoms with Crippen LogP contribution in [0.3, 0.4) is 0 Å². The molecule has 0 bridgehead atoms. The monoisotopic (exact) mass is 548 g/mol. The smallest absolute Gasteiger partial charge is 0.241 e. The quantitative estimate of drug-likeness (QED) is 0.215. The first-order valence-electron chi connectivity index (χ1n) is 12.9. The summed E-state index contributed by atoms with van der Waals surface area (Å²) in [7, 11) is -3.84. The van der Waals surface area contributed by atoms with E-state index in [1.54, 1.807) is 19.1 Å². The number of aryl methyl sites for hydroxylation is 3. The molecule has 6 aromatic rings. The van der Waals surface area contributed by atoms with Crippen LogP contribution in [-0.4, -0.2) is 28.6 Å². The summed E-state index contributed by atoms with van der Waals surface area (Å²) in [6, 6.07) is 27.0. The molecule has 0 atom stereocenters. The molecule has 8 nitrogen and oxygen atoms in total. The molecule has 0 spiro atoms. The normalized spacial score (nSPS) is 11.8. The molecule has 0 fully saturated rings. The number of benzene rings is 4. The number of para-hydroxylation sites is 2. The standard InChI is InChI=1S/C31H28N6O2S/c1-19-12-15-25(21(3)16-19)35-31-24-9-5-4-8-23(24)30(36-37-31)22-14-13-20(2)28(17-22)40(38,39)32-18-29-33-26-10-6-7-11-27(26)34-29/h4-17,32H,18H2,1-3H3,(H,33,34)(H,35,37). The molecule has 0 aliphatic heterocycles. The molecule has 200 valence electrons. The van der Waals surface area contributed by atoms with Crippen LogP contribution in [0.2, 0.25) is 0 Å². The van der Waals surface area contributed by atoms with Crippen molar-refractivity contribution in [2.24, 2.45) is 0 Å². The molecule has 0 amide bonds. The van der Waals surface area contributed by atoms with E-state index in [1.165, 1.54) is 5.56 Å². The number of imidazole rings is 1. The molecule has 6 rings (SSSR count). The minimum Gasteiger partial charge on any atom is -0.341 e. The lowest BCUT2D eigenvalue weighted by Crippen LogP contribution is -2.24. The van der Waals surface area contributed by atoms with Crippen molar-refractivity contribution < 1.29 is 8.42 Å². The number of H-pyrrole nitrogens is 1. The predicted molar refractivity (Wildman–Crippen MR) is 159 cm³/mol. The number of sulfonamides is 1. The van der Waals surface area contributed by atoms with Crippen LogP contribution in [0.1, 0.15) is 22.5 Å². The maximum absolute atomic E-state index is 13.4. The van der Waals surface area contributed by atoms with Crippen LogP contribution in [0.4, 0.5) is 11.5 Å². The van der Waals surface area contributed by atoms with Gasteiger partial charge in [0.25, 0.3) is 0 Å². The molecule has 2 heterocycles. The lowest BCUT2D eigenvalue weighted by atomic mass is 10.0. The molecule has 4 aromatic carbocycles. The first-order valence-corrected chi connectivity index (χ1v) is 14.4. The van der Waals surface area contributed by atoms with Crippen molar-refractivity contribution in [3.8, 4) is 11.3 Å². The number of hydrogen-bond donors (Lipinski definition) is 3. The van der Waals surface area contributed by atoms with Gasteiger partial charge in [0.1, 0.15) is 11.5 Å². The van der Waals surface area contributed by atoms with Crippen LogP contribution in [0.15, 0.2) is 89.8 Å². The predicted octanol–water partition coefficient (Wildman–Crippen LogP) is 6.32. The minimum absolute atomic E-state index is 0.0439. The number of aromatic nitrogens is 4. The van der Waals surface area contributed by atoms with Crippen LogP contribution in [0, 0.1) is 20.8 Å². The first kappa shape index (κ1) is 25.7. The Kier molecular flexibility index (Phi) is 6.53. The molecular weight excluding hydrogens is 520 g/mol. The lowest BCUT2D eigenvalue weighted by molar-refractivity contribution is 0.579. The summed E-state index contributed by atoms with van der Waals surface area (Å²) >= 11 is 0. The Morgan fingerprint density at radius 3 is 2.38 bits per heavy atom. The molecule has 40 heavy (non-hydrogen) atoms. The second-order valence-electron chi connectivity index (χ2n) is 9.89. The summed E-state index contributed by atoms with van der Waals surface area (Å²) in [5.41, 5.74) is 6.80. The zero-order valence-electron chi connectivity index (χ0n) is 22.4. The molecule has 0 radical (unpaired) electrons. The van der Waals surface area contributed by atoms with E-state index in [-0.39, 0.29) is 11.4 Å². The third-order valence-corrected chi connectivity index (χ3v) is 8.48. The van der Waals surface area contributed by atoms with E-state index in [0.717, 1.165) is 33.1 Å². The van der Waals surface area contributed by atoms with Gasteiger partial charge < -0.3 is 10.3 Å². The largest absolute Gasteiger partial charge is 0.341 e. The lowest BCUT2D eigenvalue weighted by Gasteiger charge is -2.14. The van der Waals surface area contributed by atoms with Crippen molar-refractivity contribution in [1.82, 2.24) is 24.9 Å². The summed E-state index contributed by atoms with van der Waals surface area (Å²) in [5.74, 6) is 1.18. The van der Waals surface area contributed by atoms with Crippen LogP contribution in [-0.2, 0) is 16.6 Å². The summed E-state index contributed by atoms with van der Waals surface area (Å²) in [5, 5.41) is 14.2. The number of nitrogens with one attached hydrogen (secondary N) is 3. The highest BCUT2D eigenvalue weighted by Crippen LogP contribution is 2.33. The highest BCUT2D eigenvalue weighted by molar-refractivity contribution is 7.89. The van der Waals surface area contributed by atoms with Crippen molar-refractivity contribution in [1.29, 1.82) is 0 Å². The Balaban J connectivity index is 1.33. The average molecular weight is 549 g/mol. The SMILES string of the molecule is Cc1ccc(Nc2nnc(-c3ccc(C)c(S(=O)(=O)NCc4nc5ccccc5[nH]4)c3)c3ccccc23)c(C)c1. The van der Waals surface area contributed by atoms with Gasteiger partial charge in [-0.2, -0.15) is 0 Å². The highest BCUT2D eigenvalue weighted by atomic mass is 32.2. The number of fused-ring (bicyclic) bond motifs is 2. The number of aromatic amines is 1. The zero-order chi connectivity index (χ0) is 27.9. The Labute approximate surface area is 232 Å². The summed E-state index contributed by atoms with van der Waals surface area (Å²) in [4.78, 5) is 7.82. The second-order valence-corrected chi connectivity index (χ2v) is 11.6. The number of rotatable bonds is 7. The fourth-order valence-electron chi connectivity index (χ4n) is 4.86. The second kappa shape index (κ2) is 10.2. The summed E-state index contributed by atoms with van der Waals surface area (Å²) < 4.78 is 29.5. The molecule has 3 N–H and O–H groups in total. The van der Waals surface area contributed by atoms with E-state index in [2.05, 4.69) is 56.2 Å². The topological polar surface area (TPSA) is 113 Å². The Morgan fingerprint density at radius 2 is 1.57 bits per heavy atom. The molecule has 9 heteroatoms. The van der Waals surface area contributed by atoms with Gasteiger partial charge in [-0.05, 0) is 56.2 Å². The van der Waals surface area contributed by atoms with Crippen molar-refractivity contribution in [3.63, 3.8) is 0 Å². The molecule has 0 saturated heterocycles. The summed E-state index contributed by atoms with van der Waals surface area (Å²) in [6.45, 7) is 5.93. The van der Waals surface area contributed by atoms with Gasteiger partial charge in [-0.3, -0.25) is 0 Å². The molecule has 0 unspecified atom stereocenters. The Hall–Kier alpha value is -4.60.